The van der Waals surface area contributed by atoms with Gasteiger partial charge >= 0.3 is 5.76 Å². The maximum absolute atomic E-state index is 12.3. The number of pyridine rings is 1. The monoisotopic (exact) mass is 377 g/mol. The molecule has 0 atom stereocenters. The van der Waals surface area contributed by atoms with Gasteiger partial charge in [-0.3, -0.25) is 14.2 Å². The molecule has 4 aromatic rings. The Morgan fingerprint density at radius 3 is 2.79 bits per heavy atom. The smallest absolute Gasteiger partial charge is 0.408 e. The largest absolute Gasteiger partial charge is 0.419 e. The molecule has 1 amide bonds. The Labute approximate surface area is 159 Å². The van der Waals surface area contributed by atoms with Gasteiger partial charge < -0.3 is 14.7 Å². The molecule has 0 aliphatic carbocycles. The molecule has 0 saturated carbocycles. The van der Waals surface area contributed by atoms with Gasteiger partial charge in [-0.15, -0.1) is 0 Å². The second kappa shape index (κ2) is 6.84. The Kier molecular flexibility index (Phi) is 4.35. The number of amides is 1. The zero-order chi connectivity index (χ0) is 19.8. The van der Waals surface area contributed by atoms with E-state index in [1.165, 1.54) is 4.57 Å². The second-order valence-corrected chi connectivity index (χ2v) is 6.87. The highest BCUT2D eigenvalue weighted by atomic mass is 16.4. The van der Waals surface area contributed by atoms with Crippen molar-refractivity contribution in [1.82, 2.24) is 9.55 Å². The minimum atomic E-state index is -0.454. The van der Waals surface area contributed by atoms with E-state index in [0.717, 1.165) is 16.5 Å². The third kappa shape index (κ3) is 3.34. The Morgan fingerprint density at radius 1 is 1.14 bits per heavy atom. The van der Waals surface area contributed by atoms with Crippen molar-refractivity contribution in [1.29, 1.82) is 0 Å². The molecular weight excluding hydrogens is 358 g/mol. The van der Waals surface area contributed by atoms with Gasteiger partial charge in [-0.2, -0.15) is 0 Å². The maximum Gasteiger partial charge on any atom is 0.419 e. The molecule has 7 heteroatoms. The van der Waals surface area contributed by atoms with Crippen molar-refractivity contribution >= 4 is 33.6 Å². The molecule has 28 heavy (non-hydrogen) atoms. The number of carbonyl (C=O) groups excluding carboxylic acids is 1. The number of aromatic amines is 1. The Balaban J connectivity index is 1.48. The van der Waals surface area contributed by atoms with Crippen LogP contribution in [0.2, 0.25) is 0 Å². The van der Waals surface area contributed by atoms with Crippen molar-refractivity contribution in [3.8, 4) is 0 Å². The molecule has 2 N–H and O–H groups in total. The quantitative estimate of drug-likeness (QED) is 0.571. The van der Waals surface area contributed by atoms with Crippen LogP contribution < -0.4 is 16.6 Å². The molecular formula is C21H19N3O4. The second-order valence-electron chi connectivity index (χ2n) is 6.87. The molecule has 0 fully saturated rings. The van der Waals surface area contributed by atoms with Gasteiger partial charge in [-0.1, -0.05) is 12.1 Å². The van der Waals surface area contributed by atoms with E-state index in [0.29, 0.717) is 28.8 Å². The minimum Gasteiger partial charge on any atom is -0.408 e. The van der Waals surface area contributed by atoms with Crippen LogP contribution in [0.15, 0.2) is 56.5 Å². The van der Waals surface area contributed by atoms with Gasteiger partial charge in [0.25, 0.3) is 5.56 Å². The van der Waals surface area contributed by atoms with Crippen molar-refractivity contribution in [2.45, 2.75) is 19.8 Å². The highest BCUT2D eigenvalue weighted by molar-refractivity contribution is 5.93. The molecule has 0 aliphatic rings. The van der Waals surface area contributed by atoms with E-state index < -0.39 is 5.76 Å². The number of benzene rings is 2. The van der Waals surface area contributed by atoms with Crippen molar-refractivity contribution in [2.24, 2.45) is 7.05 Å². The number of nitrogens with one attached hydrogen (secondary N) is 2. The fourth-order valence-electron chi connectivity index (χ4n) is 3.23. The normalized spacial score (nSPS) is 11.2. The molecule has 0 unspecified atom stereocenters. The third-order valence-electron chi connectivity index (χ3n) is 4.78. The zero-order valence-electron chi connectivity index (χ0n) is 15.5. The van der Waals surface area contributed by atoms with Gasteiger partial charge in [-0.05, 0) is 48.6 Å². The molecule has 2 aromatic carbocycles. The first-order valence-electron chi connectivity index (χ1n) is 8.93. The number of H-pyrrole nitrogens is 1. The summed E-state index contributed by atoms with van der Waals surface area (Å²) in [5.74, 6) is -0.676. The van der Waals surface area contributed by atoms with E-state index in [-0.39, 0.29) is 17.9 Å². The lowest BCUT2D eigenvalue weighted by Gasteiger charge is -2.06. The van der Waals surface area contributed by atoms with E-state index in [4.69, 9.17) is 4.42 Å². The van der Waals surface area contributed by atoms with E-state index in [1.807, 2.05) is 31.2 Å². The molecule has 7 nitrogen and oxygen atoms in total. The summed E-state index contributed by atoms with van der Waals surface area (Å²) >= 11 is 0. The number of nitrogens with zero attached hydrogens (tertiary/aromatic N) is 1. The first kappa shape index (κ1) is 17.8. The summed E-state index contributed by atoms with van der Waals surface area (Å²) in [4.78, 5) is 39.0. The SMILES string of the molecule is Cc1ccc2cc(CCC(=O)Nc3ccc4c(c3)oc(=O)n4C)c(=O)[nH]c2c1. The van der Waals surface area contributed by atoms with Crippen molar-refractivity contribution in [3.63, 3.8) is 0 Å². The van der Waals surface area contributed by atoms with Crippen molar-refractivity contribution < 1.29 is 9.21 Å². The van der Waals surface area contributed by atoms with Gasteiger partial charge in [-0.25, -0.2) is 4.79 Å². The van der Waals surface area contributed by atoms with Crippen LogP contribution in [0.25, 0.3) is 22.0 Å². The molecule has 0 radical (unpaired) electrons. The average Bonchev–Trinajstić information content (AvgIpc) is 2.93. The van der Waals surface area contributed by atoms with Crippen LogP contribution in [0.5, 0.6) is 0 Å². The Bertz CT molecular complexity index is 1330. The van der Waals surface area contributed by atoms with Crippen LogP contribution in [-0.2, 0) is 18.3 Å². The molecule has 0 bridgehead atoms. The minimum absolute atomic E-state index is 0.164. The van der Waals surface area contributed by atoms with Gasteiger partial charge in [0, 0.05) is 36.3 Å². The van der Waals surface area contributed by atoms with Crippen LogP contribution in [0.1, 0.15) is 17.5 Å². The average molecular weight is 377 g/mol. The Hall–Kier alpha value is -3.61. The van der Waals surface area contributed by atoms with Gasteiger partial charge in [0.2, 0.25) is 5.91 Å². The standard InChI is InChI=1S/C21H19N3O4/c1-12-3-4-13-10-14(20(26)23-16(13)9-12)5-8-19(25)22-15-6-7-17-18(11-15)28-21(27)24(17)2/h3-4,6-7,9-11H,5,8H2,1-2H3,(H,22,25)(H,23,26). The van der Waals surface area contributed by atoms with Crippen molar-refractivity contribution in [2.75, 3.05) is 5.32 Å². The maximum atomic E-state index is 12.3. The summed E-state index contributed by atoms with van der Waals surface area (Å²) in [6, 6.07) is 12.7. The lowest BCUT2D eigenvalue weighted by molar-refractivity contribution is -0.116. The molecule has 2 aromatic heterocycles. The molecule has 142 valence electrons. The van der Waals surface area contributed by atoms with E-state index in [9.17, 15) is 14.4 Å². The lowest BCUT2D eigenvalue weighted by atomic mass is 10.1. The highest BCUT2D eigenvalue weighted by Gasteiger charge is 2.10. The number of aryl methyl sites for hydroxylation is 3. The van der Waals surface area contributed by atoms with Gasteiger partial charge in [0.1, 0.15) is 0 Å². The van der Waals surface area contributed by atoms with E-state index >= 15 is 0 Å². The predicted molar refractivity (Wildman–Crippen MR) is 108 cm³/mol. The number of rotatable bonds is 4. The van der Waals surface area contributed by atoms with E-state index in [2.05, 4.69) is 10.3 Å². The van der Waals surface area contributed by atoms with Crippen LogP contribution in [0, 0.1) is 6.92 Å². The predicted octanol–water partition coefficient (Wildman–Crippen LogP) is 2.85. The van der Waals surface area contributed by atoms with Crippen LogP contribution in [-0.4, -0.2) is 15.5 Å². The number of aromatic nitrogens is 2. The third-order valence-corrected chi connectivity index (χ3v) is 4.78. The number of hydrogen-bond acceptors (Lipinski definition) is 4. The molecule has 0 saturated heterocycles. The van der Waals surface area contributed by atoms with Crippen LogP contribution in [0.4, 0.5) is 5.69 Å². The molecule has 4 rings (SSSR count). The highest BCUT2D eigenvalue weighted by Crippen LogP contribution is 2.18. The topological polar surface area (TPSA) is 97.1 Å². The Morgan fingerprint density at radius 2 is 1.96 bits per heavy atom. The number of oxazole rings is 1. The number of carbonyl (C=O) groups is 1. The zero-order valence-corrected chi connectivity index (χ0v) is 15.5. The molecule has 2 heterocycles. The first-order valence-corrected chi connectivity index (χ1v) is 8.93. The van der Waals surface area contributed by atoms with Gasteiger partial charge in [0.15, 0.2) is 5.58 Å². The summed E-state index contributed by atoms with van der Waals surface area (Å²) in [5, 5.41) is 3.71. The molecule has 0 spiro atoms. The molecule has 0 aliphatic heterocycles. The summed E-state index contributed by atoms with van der Waals surface area (Å²) in [5.41, 5.74) is 3.84. The number of fused-ring (bicyclic) bond motifs is 2. The summed E-state index contributed by atoms with van der Waals surface area (Å²) < 4.78 is 6.52. The summed E-state index contributed by atoms with van der Waals surface area (Å²) in [6.07, 6.45) is 0.491. The number of hydrogen-bond donors (Lipinski definition) is 2. The van der Waals surface area contributed by atoms with Crippen molar-refractivity contribution in [3.05, 3.63) is 74.5 Å². The fraction of sp³-hybridized carbons (Fsp3) is 0.190. The first-order chi connectivity index (χ1) is 13.4. The van der Waals surface area contributed by atoms with E-state index in [1.54, 1.807) is 25.2 Å². The fourth-order valence-corrected chi connectivity index (χ4v) is 3.23. The summed E-state index contributed by atoms with van der Waals surface area (Å²) in [7, 11) is 1.62. The summed E-state index contributed by atoms with van der Waals surface area (Å²) in [6.45, 7) is 1.97. The van der Waals surface area contributed by atoms with Crippen LogP contribution in [0.3, 0.4) is 0 Å². The van der Waals surface area contributed by atoms with Crippen LogP contribution >= 0.6 is 0 Å². The number of anilines is 1. The lowest BCUT2D eigenvalue weighted by Crippen LogP contribution is -2.17. The van der Waals surface area contributed by atoms with Gasteiger partial charge in [0.05, 0.1) is 5.52 Å².